The van der Waals surface area contributed by atoms with E-state index in [0.717, 1.165) is 16.5 Å². The third-order valence-electron chi connectivity index (χ3n) is 11.0. The summed E-state index contributed by atoms with van der Waals surface area (Å²) in [6.07, 6.45) is 1.19. The van der Waals surface area contributed by atoms with E-state index in [1.165, 1.54) is 53.3 Å². The van der Waals surface area contributed by atoms with Gasteiger partial charge in [0.05, 0.1) is 29.7 Å². The van der Waals surface area contributed by atoms with E-state index in [1.807, 2.05) is 0 Å². The number of anilines is 3. The van der Waals surface area contributed by atoms with Gasteiger partial charge in [-0.15, -0.1) is 0 Å². The second-order valence-electron chi connectivity index (χ2n) is 14.6. The molecule has 0 aliphatic carbocycles. The number of nitro benzene ring substituents is 1. The van der Waals surface area contributed by atoms with Crippen LogP contribution in [0.2, 0.25) is 0 Å². The highest BCUT2D eigenvalue weighted by Crippen LogP contribution is 2.41. The molecule has 0 atom stereocenters. The van der Waals surface area contributed by atoms with Crippen molar-refractivity contribution in [2.45, 2.75) is 24.2 Å². The van der Waals surface area contributed by atoms with Crippen LogP contribution in [0, 0.1) is 10.1 Å². The molecule has 5 heterocycles. The first-order valence-corrected chi connectivity index (χ1v) is 20.2. The minimum absolute atomic E-state index is 0.0111. The summed E-state index contributed by atoms with van der Waals surface area (Å²) in [4.78, 5) is 74.4. The van der Waals surface area contributed by atoms with E-state index in [-0.39, 0.29) is 58.6 Å². The third kappa shape index (κ3) is 6.82. The van der Waals surface area contributed by atoms with Gasteiger partial charge in [0.15, 0.2) is 0 Å². The van der Waals surface area contributed by atoms with Gasteiger partial charge in [0, 0.05) is 76.4 Å². The third-order valence-corrected chi connectivity index (χ3v) is 11.9. The SMILES string of the molecule is COc1cc(NC(=O)c2cc3c4c(cc(S(=O)(=O)O)c3[nH]2)N(C(=O)c2cc3c5c(ccc3[nH]2)N(C(N)=O)CC5)CC4)cc2cc(C(=O)OCCc3ccc([N+](=O)[O-])cc3)[nH]c12. The maximum Gasteiger partial charge on any atom is 0.354 e. The molecule has 2 aliphatic rings. The fraction of sp³-hybridized carbons (Fsp3) is 0.171. The molecule has 0 unspecified atom stereocenters. The average molecular weight is 847 g/mol. The van der Waals surface area contributed by atoms with E-state index >= 15 is 0 Å². The number of carbonyl (C=O) groups is 4. The van der Waals surface area contributed by atoms with Gasteiger partial charge >= 0.3 is 12.0 Å². The summed E-state index contributed by atoms with van der Waals surface area (Å²) >= 11 is 0. The number of methoxy groups -OCH3 is 1. The molecule has 0 spiro atoms. The highest BCUT2D eigenvalue weighted by Gasteiger charge is 2.33. The summed E-state index contributed by atoms with van der Waals surface area (Å²) in [5.41, 5.74) is 10.3. The molecule has 7 N–H and O–H groups in total. The Morgan fingerprint density at radius 3 is 2.26 bits per heavy atom. The first kappa shape index (κ1) is 38.8. The maximum atomic E-state index is 14.0. The number of nitrogens with one attached hydrogen (secondary N) is 4. The largest absolute Gasteiger partial charge is 0.494 e. The van der Waals surface area contributed by atoms with Crippen molar-refractivity contribution in [3.63, 3.8) is 0 Å². The molecular weight excluding hydrogens is 813 g/mol. The molecule has 3 aromatic heterocycles. The molecular formula is C41H34N8O11S. The van der Waals surface area contributed by atoms with Crippen molar-refractivity contribution in [1.29, 1.82) is 0 Å². The number of carbonyl (C=O) groups excluding carboxylic acids is 4. The number of aromatic amines is 3. The summed E-state index contributed by atoms with van der Waals surface area (Å²) in [6.45, 7) is 0.604. The Hall–Kier alpha value is -7.71. The van der Waals surface area contributed by atoms with E-state index < -0.39 is 43.8 Å². The number of esters is 1. The molecule has 4 amide bonds. The summed E-state index contributed by atoms with van der Waals surface area (Å²) in [5, 5.41) is 15.3. The van der Waals surface area contributed by atoms with Crippen LogP contribution in [0.15, 0.2) is 77.7 Å². The predicted octanol–water partition coefficient (Wildman–Crippen LogP) is 5.59. The Morgan fingerprint density at radius 2 is 1.56 bits per heavy atom. The molecule has 0 saturated heterocycles. The number of ether oxygens (including phenoxy) is 2. The van der Waals surface area contributed by atoms with Crippen LogP contribution in [0.5, 0.6) is 5.75 Å². The molecule has 0 saturated carbocycles. The molecule has 19 nitrogen and oxygen atoms in total. The van der Waals surface area contributed by atoms with Gasteiger partial charge in [-0.3, -0.25) is 29.2 Å². The maximum absolute atomic E-state index is 14.0. The summed E-state index contributed by atoms with van der Waals surface area (Å²) in [5.74, 6) is -1.48. The van der Waals surface area contributed by atoms with Crippen molar-refractivity contribution in [2.75, 3.05) is 41.9 Å². The van der Waals surface area contributed by atoms with Crippen molar-refractivity contribution in [3.05, 3.63) is 117 Å². The smallest absolute Gasteiger partial charge is 0.354 e. The number of nitrogens with zero attached hydrogens (tertiary/aromatic N) is 3. The summed E-state index contributed by atoms with van der Waals surface area (Å²) in [6, 6.07) is 17.9. The number of nitrogens with two attached hydrogens (primary N) is 1. The zero-order chi connectivity index (χ0) is 42.9. The number of aromatic nitrogens is 3. The van der Waals surface area contributed by atoms with E-state index in [1.54, 1.807) is 36.4 Å². The van der Waals surface area contributed by atoms with Gasteiger partial charge < -0.3 is 40.4 Å². The number of benzene rings is 4. The second kappa shape index (κ2) is 14.5. The van der Waals surface area contributed by atoms with Gasteiger partial charge in [-0.2, -0.15) is 8.42 Å². The van der Waals surface area contributed by atoms with Crippen LogP contribution < -0.4 is 25.6 Å². The molecule has 61 heavy (non-hydrogen) atoms. The first-order valence-electron chi connectivity index (χ1n) is 18.8. The lowest BCUT2D eigenvalue weighted by Gasteiger charge is -2.17. The van der Waals surface area contributed by atoms with E-state index in [4.69, 9.17) is 15.2 Å². The number of urea groups is 1. The number of non-ortho nitro benzene ring substituents is 1. The number of hydrogen-bond acceptors (Lipinski definition) is 10. The van der Waals surface area contributed by atoms with Crippen molar-refractivity contribution < 1.29 is 46.5 Å². The van der Waals surface area contributed by atoms with E-state index in [0.29, 0.717) is 58.9 Å². The number of nitro groups is 1. The zero-order valence-corrected chi connectivity index (χ0v) is 32.8. The normalized spacial score (nSPS) is 13.5. The van der Waals surface area contributed by atoms with Crippen LogP contribution in [0.4, 0.5) is 27.5 Å². The van der Waals surface area contributed by atoms with Crippen LogP contribution in [0.25, 0.3) is 32.7 Å². The second-order valence-corrected chi connectivity index (χ2v) is 16.0. The van der Waals surface area contributed by atoms with Crippen LogP contribution in [0.1, 0.15) is 48.2 Å². The highest BCUT2D eigenvalue weighted by atomic mass is 32.2. The molecule has 4 aromatic carbocycles. The topological polar surface area (TPSA) is 276 Å². The van der Waals surface area contributed by atoms with Gasteiger partial charge in [0.25, 0.3) is 27.6 Å². The molecule has 0 radical (unpaired) electrons. The molecule has 0 fully saturated rings. The predicted molar refractivity (Wildman–Crippen MR) is 222 cm³/mol. The van der Waals surface area contributed by atoms with Crippen molar-refractivity contribution >= 4 is 89.4 Å². The highest BCUT2D eigenvalue weighted by molar-refractivity contribution is 7.86. The number of fused-ring (bicyclic) bond motifs is 7. The van der Waals surface area contributed by atoms with Crippen molar-refractivity contribution in [2.24, 2.45) is 5.73 Å². The lowest BCUT2D eigenvalue weighted by Crippen LogP contribution is -2.33. The van der Waals surface area contributed by atoms with Gasteiger partial charge in [-0.05, 0) is 72.0 Å². The Bertz CT molecular complexity index is 3150. The number of H-pyrrole nitrogens is 3. The van der Waals surface area contributed by atoms with Crippen molar-refractivity contribution in [1.82, 2.24) is 15.0 Å². The van der Waals surface area contributed by atoms with E-state index in [9.17, 15) is 42.3 Å². The standard InChI is InChI=1S/C41H34N8O11S/c1-59-34-16-22(14-21-15-31(46-36(21)34)40(52)60-13-10-20-2-4-23(5-3-20)49(54)55)43-38(50)29-18-27-25-8-11-47(33(25)19-35(37(27)45-29)61(56,57)58)39(51)30-17-26-24-9-12-48(41(42)53)32(24)7-6-28(26)44-30/h2-7,14-19,44-46H,8-13H2,1H3,(H2,42,53)(H,43,50)(H,56,57,58). The number of amides is 4. The number of hydrogen-bond donors (Lipinski definition) is 6. The monoisotopic (exact) mass is 846 g/mol. The molecule has 310 valence electrons. The zero-order valence-electron chi connectivity index (χ0n) is 32.0. The van der Waals surface area contributed by atoms with Crippen LogP contribution in [0.3, 0.4) is 0 Å². The summed E-state index contributed by atoms with van der Waals surface area (Å²) in [7, 11) is -3.46. The molecule has 0 bridgehead atoms. The lowest BCUT2D eigenvalue weighted by atomic mass is 10.1. The Kier molecular flexibility index (Phi) is 9.24. The Morgan fingerprint density at radius 1 is 0.852 bits per heavy atom. The van der Waals surface area contributed by atoms with Crippen LogP contribution >= 0.6 is 0 Å². The first-order chi connectivity index (χ1) is 29.2. The summed E-state index contributed by atoms with van der Waals surface area (Å²) < 4.78 is 46.9. The lowest BCUT2D eigenvalue weighted by molar-refractivity contribution is -0.384. The van der Waals surface area contributed by atoms with Crippen LogP contribution in [-0.4, -0.2) is 83.5 Å². The minimum atomic E-state index is -4.87. The minimum Gasteiger partial charge on any atom is -0.494 e. The van der Waals surface area contributed by atoms with Crippen LogP contribution in [-0.2, 0) is 34.1 Å². The fourth-order valence-corrected chi connectivity index (χ4v) is 8.85. The Balaban J connectivity index is 0.961. The molecule has 7 aromatic rings. The van der Waals surface area contributed by atoms with Gasteiger partial charge in [0.1, 0.15) is 27.7 Å². The van der Waals surface area contributed by atoms with Gasteiger partial charge in [0.2, 0.25) is 0 Å². The molecule has 9 rings (SSSR count). The number of rotatable bonds is 10. The Labute approximate surface area is 344 Å². The number of primary amides is 1. The molecule has 2 aliphatic heterocycles. The molecule has 20 heteroatoms. The van der Waals surface area contributed by atoms with Gasteiger partial charge in [-0.25, -0.2) is 9.59 Å². The quantitative estimate of drug-likeness (QED) is 0.0427. The van der Waals surface area contributed by atoms with Gasteiger partial charge in [-0.1, -0.05) is 12.1 Å². The van der Waals surface area contributed by atoms with Crippen molar-refractivity contribution in [3.8, 4) is 5.75 Å². The fourth-order valence-electron chi connectivity index (χ4n) is 8.17. The average Bonchev–Trinajstić information content (AvgIpc) is 4.07. The van der Waals surface area contributed by atoms with E-state index in [2.05, 4.69) is 20.3 Å².